The fourth-order valence-electron chi connectivity index (χ4n) is 2.60. The molecule has 0 aromatic rings. The van der Waals surface area contributed by atoms with Crippen LogP contribution in [-0.4, -0.2) is 23.9 Å². The zero-order valence-corrected chi connectivity index (χ0v) is 13.6. The third-order valence-electron chi connectivity index (χ3n) is 4.11. The lowest BCUT2D eigenvalue weighted by molar-refractivity contribution is -0.0396. The zero-order chi connectivity index (χ0) is 14.8. The molecule has 0 rings (SSSR count). The van der Waals surface area contributed by atoms with Crippen LogP contribution in [0.25, 0.3) is 0 Å². The number of hydrogen-bond donors (Lipinski definition) is 1. The summed E-state index contributed by atoms with van der Waals surface area (Å²) in [6.07, 6.45) is 5.39. The maximum Gasteiger partial charge on any atom is 0.0846 e. The highest BCUT2D eigenvalue weighted by Gasteiger charge is 2.18. The van der Waals surface area contributed by atoms with Crippen molar-refractivity contribution in [3.05, 3.63) is 12.2 Å². The Kier molecular flexibility index (Phi) is 10.3. The van der Waals surface area contributed by atoms with Crippen LogP contribution in [0, 0.1) is 11.8 Å². The highest BCUT2D eigenvalue weighted by molar-refractivity contribution is 5.01. The third kappa shape index (κ3) is 7.74. The van der Waals surface area contributed by atoms with E-state index in [4.69, 9.17) is 4.74 Å². The van der Waals surface area contributed by atoms with Crippen LogP contribution >= 0.6 is 0 Å². The van der Waals surface area contributed by atoms with Crippen LogP contribution in [0.1, 0.15) is 66.7 Å². The molecule has 0 amide bonds. The van der Waals surface area contributed by atoms with Crippen LogP contribution < -0.4 is 0 Å². The summed E-state index contributed by atoms with van der Waals surface area (Å²) in [5.74, 6) is 1.24. The van der Waals surface area contributed by atoms with Gasteiger partial charge in [0.15, 0.2) is 0 Å². The highest BCUT2D eigenvalue weighted by Crippen LogP contribution is 2.23. The lowest BCUT2D eigenvalue weighted by Crippen LogP contribution is -2.26. The first kappa shape index (κ1) is 18.7. The monoisotopic (exact) mass is 270 g/mol. The van der Waals surface area contributed by atoms with Gasteiger partial charge in [0.25, 0.3) is 0 Å². The predicted molar refractivity (Wildman–Crippen MR) is 83.3 cm³/mol. The first-order chi connectivity index (χ1) is 8.98. The van der Waals surface area contributed by atoms with Crippen LogP contribution in [0.15, 0.2) is 12.2 Å². The third-order valence-corrected chi connectivity index (χ3v) is 4.11. The molecule has 2 heteroatoms. The van der Waals surface area contributed by atoms with Crippen molar-refractivity contribution in [2.24, 2.45) is 11.8 Å². The van der Waals surface area contributed by atoms with Crippen molar-refractivity contribution in [3.63, 3.8) is 0 Å². The van der Waals surface area contributed by atoms with Gasteiger partial charge in [-0.05, 0) is 44.4 Å². The molecule has 0 heterocycles. The first-order valence-electron chi connectivity index (χ1n) is 7.92. The van der Waals surface area contributed by atoms with Gasteiger partial charge in [-0.1, -0.05) is 46.3 Å². The minimum absolute atomic E-state index is 0.0873. The molecule has 0 aliphatic rings. The second-order valence-corrected chi connectivity index (χ2v) is 5.88. The summed E-state index contributed by atoms with van der Waals surface area (Å²) in [5.41, 5.74) is 1.22. The summed E-state index contributed by atoms with van der Waals surface area (Å²) in [5, 5.41) is 9.48. The smallest absolute Gasteiger partial charge is 0.0846 e. The van der Waals surface area contributed by atoms with Gasteiger partial charge in [-0.15, -0.1) is 0 Å². The Bertz CT molecular complexity index is 233. The van der Waals surface area contributed by atoms with Gasteiger partial charge >= 0.3 is 0 Å². The molecule has 19 heavy (non-hydrogen) atoms. The molecule has 0 saturated carbocycles. The number of aliphatic hydroxyl groups excluding tert-OH is 1. The van der Waals surface area contributed by atoms with E-state index in [0.29, 0.717) is 11.8 Å². The molecule has 0 aromatic carbocycles. The zero-order valence-electron chi connectivity index (χ0n) is 13.6. The molecule has 0 aliphatic heterocycles. The minimum Gasteiger partial charge on any atom is -0.394 e. The molecule has 2 nitrogen and oxygen atoms in total. The lowest BCUT2D eigenvalue weighted by Gasteiger charge is -2.25. The molecule has 1 N–H and O–H groups in total. The van der Waals surface area contributed by atoms with Gasteiger partial charge in [0.2, 0.25) is 0 Å². The normalized spacial score (nSPS) is 16.4. The van der Waals surface area contributed by atoms with Crippen molar-refractivity contribution in [2.45, 2.75) is 78.9 Å². The van der Waals surface area contributed by atoms with Gasteiger partial charge in [0.05, 0.1) is 18.8 Å². The van der Waals surface area contributed by atoms with E-state index in [1.54, 1.807) is 0 Å². The summed E-state index contributed by atoms with van der Waals surface area (Å²) < 4.78 is 5.97. The van der Waals surface area contributed by atoms with Crippen molar-refractivity contribution in [1.29, 1.82) is 0 Å². The topological polar surface area (TPSA) is 29.5 Å². The van der Waals surface area contributed by atoms with Crippen molar-refractivity contribution < 1.29 is 9.84 Å². The van der Waals surface area contributed by atoms with E-state index in [0.717, 1.165) is 25.7 Å². The molecule has 114 valence electrons. The van der Waals surface area contributed by atoms with Gasteiger partial charge in [-0.25, -0.2) is 0 Å². The standard InChI is InChI=1S/C17H34O2/c1-7-13(4)10-15(6)19-17(12-18)11-14(5)16(8-2)9-3/h13,15-18H,5,7-12H2,1-4,6H3. The molecule has 0 bridgehead atoms. The van der Waals surface area contributed by atoms with E-state index in [1.807, 2.05) is 0 Å². The van der Waals surface area contributed by atoms with Crippen LogP contribution in [-0.2, 0) is 4.74 Å². The summed E-state index contributed by atoms with van der Waals surface area (Å²) in [6, 6.07) is 0. The fraction of sp³-hybridized carbons (Fsp3) is 0.882. The maximum atomic E-state index is 9.48. The van der Waals surface area contributed by atoms with E-state index in [2.05, 4.69) is 41.2 Å². The van der Waals surface area contributed by atoms with Crippen molar-refractivity contribution in [3.8, 4) is 0 Å². The summed E-state index contributed by atoms with van der Waals surface area (Å²) >= 11 is 0. The molecule has 3 atom stereocenters. The Morgan fingerprint density at radius 3 is 2.11 bits per heavy atom. The van der Waals surface area contributed by atoms with Crippen molar-refractivity contribution in [2.75, 3.05) is 6.61 Å². The van der Waals surface area contributed by atoms with Gasteiger partial charge in [-0.3, -0.25) is 0 Å². The van der Waals surface area contributed by atoms with Gasteiger partial charge in [0, 0.05) is 0 Å². The van der Waals surface area contributed by atoms with E-state index in [1.165, 1.54) is 12.0 Å². The lowest BCUT2D eigenvalue weighted by atomic mass is 9.91. The maximum absolute atomic E-state index is 9.48. The number of rotatable bonds is 11. The molecule has 0 aromatic heterocycles. The number of aliphatic hydroxyl groups is 1. The first-order valence-corrected chi connectivity index (χ1v) is 7.92. The molecule has 0 aliphatic carbocycles. The SMILES string of the molecule is C=C(CC(CO)OC(C)CC(C)CC)C(CC)CC. The molecule has 0 spiro atoms. The van der Waals surface area contributed by atoms with E-state index in [9.17, 15) is 5.11 Å². The number of hydrogen-bond acceptors (Lipinski definition) is 2. The summed E-state index contributed by atoms with van der Waals surface area (Å²) in [6.45, 7) is 15.2. The van der Waals surface area contributed by atoms with Gasteiger partial charge in [-0.2, -0.15) is 0 Å². The largest absolute Gasteiger partial charge is 0.394 e. The van der Waals surface area contributed by atoms with Crippen molar-refractivity contribution >= 4 is 0 Å². The average Bonchev–Trinajstić information content (AvgIpc) is 2.38. The molecular weight excluding hydrogens is 236 g/mol. The fourth-order valence-corrected chi connectivity index (χ4v) is 2.60. The predicted octanol–water partition coefficient (Wildman–Crippen LogP) is 4.57. The molecule has 0 saturated heterocycles. The Morgan fingerprint density at radius 1 is 1.11 bits per heavy atom. The molecule has 0 radical (unpaired) electrons. The second kappa shape index (κ2) is 10.4. The Morgan fingerprint density at radius 2 is 1.68 bits per heavy atom. The highest BCUT2D eigenvalue weighted by atomic mass is 16.5. The van der Waals surface area contributed by atoms with E-state index < -0.39 is 0 Å². The molecule has 0 fully saturated rings. The summed E-state index contributed by atoms with van der Waals surface area (Å²) in [4.78, 5) is 0. The van der Waals surface area contributed by atoms with E-state index in [-0.39, 0.29) is 18.8 Å². The van der Waals surface area contributed by atoms with Crippen LogP contribution in [0.4, 0.5) is 0 Å². The van der Waals surface area contributed by atoms with Crippen LogP contribution in [0.2, 0.25) is 0 Å². The Hall–Kier alpha value is -0.340. The Labute approximate surface area is 120 Å². The van der Waals surface area contributed by atoms with Crippen LogP contribution in [0.3, 0.4) is 0 Å². The quantitative estimate of drug-likeness (QED) is 0.557. The second-order valence-electron chi connectivity index (χ2n) is 5.88. The average molecular weight is 270 g/mol. The summed E-state index contributed by atoms with van der Waals surface area (Å²) in [7, 11) is 0. The molecule has 3 unspecified atom stereocenters. The van der Waals surface area contributed by atoms with E-state index >= 15 is 0 Å². The van der Waals surface area contributed by atoms with Gasteiger partial charge < -0.3 is 9.84 Å². The Balaban J connectivity index is 4.23. The number of ether oxygens (including phenoxy) is 1. The van der Waals surface area contributed by atoms with Crippen LogP contribution in [0.5, 0.6) is 0 Å². The van der Waals surface area contributed by atoms with Crippen molar-refractivity contribution in [1.82, 2.24) is 0 Å². The minimum atomic E-state index is -0.0906. The van der Waals surface area contributed by atoms with Gasteiger partial charge in [0.1, 0.15) is 0 Å². The molecular formula is C17H34O2.